The maximum Gasteiger partial charge on any atom is 0.134 e. The second kappa shape index (κ2) is 3.30. The molecule has 0 radical (unpaired) electrons. The van der Waals surface area contributed by atoms with Crippen molar-refractivity contribution in [2.24, 2.45) is 0 Å². The average molecular weight is 146 g/mol. The van der Waals surface area contributed by atoms with Crippen LogP contribution >= 0.6 is 12.4 Å². The molecule has 0 aliphatic carbocycles. The van der Waals surface area contributed by atoms with Gasteiger partial charge in [-0.05, 0) is 18.6 Å². The smallest absolute Gasteiger partial charge is 0.134 e. The van der Waals surface area contributed by atoms with Gasteiger partial charge in [0.1, 0.15) is 5.75 Å². The van der Waals surface area contributed by atoms with E-state index in [1.165, 1.54) is 6.20 Å². The molecule has 0 aromatic carbocycles. The van der Waals surface area contributed by atoms with E-state index >= 15 is 0 Å². The van der Waals surface area contributed by atoms with E-state index in [9.17, 15) is 0 Å². The molecule has 1 aromatic rings. The highest BCUT2D eigenvalue weighted by atomic mass is 35.5. The first kappa shape index (κ1) is 8.24. The van der Waals surface area contributed by atoms with Crippen LogP contribution in [0.4, 0.5) is 0 Å². The Kier molecular flexibility index (Phi) is 3.02. The van der Waals surface area contributed by atoms with Crippen LogP contribution in [-0.4, -0.2) is 10.1 Å². The first-order chi connectivity index (χ1) is 3.79. The average Bonchev–Trinajstić information content (AvgIpc) is 1.64. The van der Waals surface area contributed by atoms with E-state index in [0.29, 0.717) is 0 Å². The summed E-state index contributed by atoms with van der Waals surface area (Å²) in [6.07, 6.45) is 3.10. The Bertz CT molecular complexity index is 173. The molecule has 0 aliphatic rings. The summed E-state index contributed by atoms with van der Waals surface area (Å²) < 4.78 is 0. The zero-order valence-electron chi connectivity index (χ0n) is 5.03. The number of aromatic nitrogens is 1. The predicted molar refractivity (Wildman–Crippen MR) is 37.9 cm³/mol. The first-order valence-corrected chi connectivity index (χ1v) is 2.39. The van der Waals surface area contributed by atoms with Crippen molar-refractivity contribution >= 4 is 12.4 Å². The molecule has 1 heterocycles. The molecule has 3 heteroatoms. The van der Waals surface area contributed by atoms with Crippen molar-refractivity contribution in [3.05, 3.63) is 24.0 Å². The lowest BCUT2D eigenvalue weighted by molar-refractivity contribution is 0.472. The first-order valence-electron chi connectivity index (χ1n) is 2.39. The predicted octanol–water partition coefficient (Wildman–Crippen LogP) is 1.52. The maximum atomic E-state index is 8.75. The van der Waals surface area contributed by atoms with Crippen LogP contribution in [0, 0.1) is 6.92 Å². The molecule has 0 atom stereocenters. The zero-order valence-corrected chi connectivity index (χ0v) is 5.85. The minimum Gasteiger partial charge on any atom is -0.506 e. The van der Waals surface area contributed by atoms with Crippen molar-refractivity contribution in [2.45, 2.75) is 6.92 Å². The summed E-state index contributed by atoms with van der Waals surface area (Å²) in [6.45, 7) is 1.88. The molecular formula is C6H8ClNO. The number of halogens is 1. The van der Waals surface area contributed by atoms with Crippen LogP contribution in [-0.2, 0) is 0 Å². The van der Waals surface area contributed by atoms with Gasteiger partial charge in [-0.3, -0.25) is 4.98 Å². The van der Waals surface area contributed by atoms with Crippen LogP contribution in [0.5, 0.6) is 5.75 Å². The van der Waals surface area contributed by atoms with Gasteiger partial charge in [-0.2, -0.15) is 0 Å². The summed E-state index contributed by atoms with van der Waals surface area (Å²) in [5.74, 6) is 0.227. The lowest BCUT2D eigenvalue weighted by Gasteiger charge is -1.89. The minimum atomic E-state index is 0. The third-order valence-corrected chi connectivity index (χ3v) is 0.861. The molecule has 1 rings (SSSR count). The highest BCUT2D eigenvalue weighted by Gasteiger charge is 1.84. The molecule has 2 nitrogen and oxygen atoms in total. The van der Waals surface area contributed by atoms with Crippen molar-refractivity contribution < 1.29 is 5.11 Å². The van der Waals surface area contributed by atoms with Gasteiger partial charge in [0, 0.05) is 6.20 Å². The molecule has 9 heavy (non-hydrogen) atoms. The van der Waals surface area contributed by atoms with Crippen LogP contribution in [0.2, 0.25) is 0 Å². The van der Waals surface area contributed by atoms with E-state index in [1.54, 1.807) is 12.3 Å². The van der Waals surface area contributed by atoms with Crippen molar-refractivity contribution in [1.29, 1.82) is 0 Å². The number of hydrogen-bond donors (Lipinski definition) is 1. The standard InChI is InChI=1S/C6H7NO.ClH/c1-5-2-6(8)4-7-3-5;/h2-4,8H,1H3;1H. The fourth-order valence-corrected chi connectivity index (χ4v) is 0.539. The van der Waals surface area contributed by atoms with Crippen LogP contribution in [0.1, 0.15) is 5.56 Å². The monoisotopic (exact) mass is 145 g/mol. The van der Waals surface area contributed by atoms with Gasteiger partial charge in [-0.25, -0.2) is 0 Å². The van der Waals surface area contributed by atoms with Gasteiger partial charge < -0.3 is 5.11 Å². The third-order valence-electron chi connectivity index (χ3n) is 0.861. The highest BCUT2D eigenvalue weighted by Crippen LogP contribution is 2.05. The molecule has 0 amide bonds. The molecule has 0 aliphatic heterocycles. The van der Waals surface area contributed by atoms with Gasteiger partial charge in [-0.1, -0.05) is 0 Å². The number of aryl methyl sites for hydroxylation is 1. The topological polar surface area (TPSA) is 33.1 Å². The van der Waals surface area contributed by atoms with Gasteiger partial charge >= 0.3 is 0 Å². The van der Waals surface area contributed by atoms with Crippen molar-refractivity contribution in [3.63, 3.8) is 0 Å². The molecule has 1 aromatic heterocycles. The zero-order chi connectivity index (χ0) is 5.98. The number of rotatable bonds is 0. The van der Waals surface area contributed by atoms with E-state index in [2.05, 4.69) is 4.98 Å². The number of aromatic hydroxyl groups is 1. The van der Waals surface area contributed by atoms with E-state index in [4.69, 9.17) is 5.11 Å². The normalized spacial score (nSPS) is 8.11. The number of nitrogens with zero attached hydrogens (tertiary/aromatic N) is 1. The molecule has 1 N–H and O–H groups in total. The fourth-order valence-electron chi connectivity index (χ4n) is 0.539. The Labute approximate surface area is 60.0 Å². The summed E-state index contributed by atoms with van der Waals surface area (Å²) in [5, 5.41) is 8.75. The Morgan fingerprint density at radius 3 is 2.44 bits per heavy atom. The lowest BCUT2D eigenvalue weighted by Crippen LogP contribution is -1.72. The molecule has 0 unspecified atom stereocenters. The Morgan fingerprint density at radius 1 is 1.44 bits per heavy atom. The van der Waals surface area contributed by atoms with E-state index in [0.717, 1.165) is 5.56 Å². The molecule has 0 fully saturated rings. The largest absolute Gasteiger partial charge is 0.506 e. The molecule has 0 spiro atoms. The van der Waals surface area contributed by atoms with Crippen molar-refractivity contribution in [2.75, 3.05) is 0 Å². The van der Waals surface area contributed by atoms with Crippen molar-refractivity contribution in [1.82, 2.24) is 4.98 Å². The van der Waals surface area contributed by atoms with Gasteiger partial charge in [0.05, 0.1) is 6.20 Å². The second-order valence-electron chi connectivity index (χ2n) is 1.72. The third kappa shape index (κ3) is 2.33. The Morgan fingerprint density at radius 2 is 2.11 bits per heavy atom. The molecule has 0 bridgehead atoms. The molecule has 0 saturated carbocycles. The molecule has 0 saturated heterocycles. The highest BCUT2D eigenvalue weighted by molar-refractivity contribution is 5.85. The van der Waals surface area contributed by atoms with E-state index < -0.39 is 0 Å². The quantitative estimate of drug-likeness (QED) is 0.601. The van der Waals surface area contributed by atoms with Gasteiger partial charge in [0.15, 0.2) is 0 Å². The second-order valence-corrected chi connectivity index (χ2v) is 1.72. The minimum absolute atomic E-state index is 0. The van der Waals surface area contributed by atoms with Crippen LogP contribution in [0.15, 0.2) is 18.5 Å². The Balaban J connectivity index is 0.000000640. The van der Waals surface area contributed by atoms with Gasteiger partial charge in [0.25, 0.3) is 0 Å². The van der Waals surface area contributed by atoms with Crippen LogP contribution < -0.4 is 0 Å². The van der Waals surface area contributed by atoms with Gasteiger partial charge in [0.2, 0.25) is 0 Å². The lowest BCUT2D eigenvalue weighted by atomic mass is 10.3. The van der Waals surface area contributed by atoms with Crippen LogP contribution in [0.3, 0.4) is 0 Å². The summed E-state index contributed by atoms with van der Waals surface area (Å²) >= 11 is 0. The maximum absolute atomic E-state index is 8.75. The summed E-state index contributed by atoms with van der Waals surface area (Å²) in [7, 11) is 0. The number of pyridine rings is 1. The fraction of sp³-hybridized carbons (Fsp3) is 0.167. The summed E-state index contributed by atoms with van der Waals surface area (Å²) in [6, 6.07) is 1.66. The SMILES string of the molecule is Cc1cncc(O)c1.Cl. The van der Waals surface area contributed by atoms with Crippen molar-refractivity contribution in [3.8, 4) is 5.75 Å². The molecule has 50 valence electrons. The summed E-state index contributed by atoms with van der Waals surface area (Å²) in [4.78, 5) is 3.73. The molecular weight excluding hydrogens is 138 g/mol. The van der Waals surface area contributed by atoms with E-state index in [-0.39, 0.29) is 18.2 Å². The Hall–Kier alpha value is -0.760. The van der Waals surface area contributed by atoms with E-state index in [1.807, 2.05) is 6.92 Å². The van der Waals surface area contributed by atoms with Gasteiger partial charge in [-0.15, -0.1) is 12.4 Å². The van der Waals surface area contributed by atoms with Crippen LogP contribution in [0.25, 0.3) is 0 Å². The summed E-state index contributed by atoms with van der Waals surface area (Å²) in [5.41, 5.74) is 0.977. The number of hydrogen-bond acceptors (Lipinski definition) is 2.